The van der Waals surface area contributed by atoms with E-state index in [2.05, 4.69) is 12.8 Å². The first-order valence-corrected chi connectivity index (χ1v) is 3.87. The van der Waals surface area contributed by atoms with Gasteiger partial charge in [0.1, 0.15) is 0 Å². The smallest absolute Gasteiger partial charge is 0.0734 e. The zero-order valence-electron chi connectivity index (χ0n) is 5.11. The normalized spacial score (nSPS) is 37.0. The van der Waals surface area contributed by atoms with E-state index in [4.69, 9.17) is 6.42 Å². The molecule has 0 amide bonds. The van der Waals surface area contributed by atoms with Crippen molar-refractivity contribution in [2.45, 2.75) is 24.5 Å². The van der Waals surface area contributed by atoms with Crippen LogP contribution in [-0.2, 0) is 0 Å². The van der Waals surface area contributed by atoms with Crippen LogP contribution in [0.15, 0.2) is 0 Å². The third-order valence-electron chi connectivity index (χ3n) is 1.52. The first-order valence-electron chi connectivity index (χ1n) is 2.89. The quantitative estimate of drug-likeness (QED) is 0.447. The van der Waals surface area contributed by atoms with Crippen LogP contribution in [0.2, 0.25) is 0 Å². The molecule has 0 N–H and O–H groups in total. The molecule has 1 aliphatic heterocycles. The van der Waals surface area contributed by atoms with Crippen molar-refractivity contribution in [1.82, 2.24) is 0 Å². The molecule has 0 aromatic rings. The average Bonchev–Trinajstić information content (AvgIpc) is 2.17. The largest absolute Gasteiger partial charge is 0.142 e. The lowest BCUT2D eigenvalue weighted by molar-refractivity contribution is 0.744. The first kappa shape index (κ1) is 6.04. The minimum Gasteiger partial charge on any atom is -0.142 e. The van der Waals surface area contributed by atoms with E-state index in [0.29, 0.717) is 0 Å². The molecule has 8 heavy (non-hydrogen) atoms. The van der Waals surface area contributed by atoms with Gasteiger partial charge in [0, 0.05) is 0 Å². The summed E-state index contributed by atoms with van der Waals surface area (Å²) < 4.78 is 0.181. The topological polar surface area (TPSA) is 0 Å². The summed E-state index contributed by atoms with van der Waals surface area (Å²) in [5, 5.41) is 0. The molecule has 1 rings (SSSR count). The first-order chi connectivity index (χ1) is 3.77. The van der Waals surface area contributed by atoms with Gasteiger partial charge in [0.15, 0.2) is 0 Å². The molecule has 0 saturated carbocycles. The standard InChI is InChI=1S/C7H10S/c1-3-7(2)5-4-6-8-7/h1H,4-6H2,2H3. The molecule has 0 aromatic heterocycles. The molecule has 1 heteroatoms. The molecule has 44 valence electrons. The predicted octanol–water partition coefficient (Wildman–Crippen LogP) is 1.91. The van der Waals surface area contributed by atoms with Crippen molar-refractivity contribution < 1.29 is 0 Å². The zero-order chi connectivity index (χ0) is 6.04. The highest BCUT2D eigenvalue weighted by Crippen LogP contribution is 2.36. The lowest BCUT2D eigenvalue weighted by Gasteiger charge is -2.12. The Morgan fingerprint density at radius 1 is 1.75 bits per heavy atom. The Balaban J connectivity index is 2.56. The summed E-state index contributed by atoms with van der Waals surface area (Å²) >= 11 is 1.91. The molecule has 1 unspecified atom stereocenters. The van der Waals surface area contributed by atoms with Crippen molar-refractivity contribution in [3.63, 3.8) is 0 Å². The molecule has 0 radical (unpaired) electrons. The zero-order valence-corrected chi connectivity index (χ0v) is 5.92. The van der Waals surface area contributed by atoms with E-state index in [1.807, 2.05) is 11.8 Å². The van der Waals surface area contributed by atoms with Gasteiger partial charge in [-0.2, -0.15) is 0 Å². The molecule has 0 bridgehead atoms. The third kappa shape index (κ3) is 1.00. The molecule has 0 aromatic carbocycles. The van der Waals surface area contributed by atoms with Crippen LogP contribution in [0, 0.1) is 12.3 Å². The van der Waals surface area contributed by atoms with Crippen LogP contribution < -0.4 is 0 Å². The molecule has 1 heterocycles. The van der Waals surface area contributed by atoms with Crippen LogP contribution in [0.4, 0.5) is 0 Å². The van der Waals surface area contributed by atoms with E-state index in [-0.39, 0.29) is 4.75 Å². The molecule has 0 nitrogen and oxygen atoms in total. The van der Waals surface area contributed by atoms with Gasteiger partial charge in [0.2, 0.25) is 0 Å². The fourth-order valence-electron chi connectivity index (χ4n) is 0.893. The van der Waals surface area contributed by atoms with E-state index in [1.165, 1.54) is 18.6 Å². The fraction of sp³-hybridized carbons (Fsp3) is 0.714. The lowest BCUT2D eigenvalue weighted by atomic mass is 10.1. The number of thioether (sulfide) groups is 1. The Morgan fingerprint density at radius 2 is 2.50 bits per heavy atom. The Hall–Kier alpha value is -0.0900. The SMILES string of the molecule is C#CC1(C)CCCS1. The van der Waals surface area contributed by atoms with Crippen LogP contribution in [0.1, 0.15) is 19.8 Å². The Labute approximate surface area is 55.0 Å². The number of hydrogen-bond donors (Lipinski definition) is 0. The fourth-order valence-corrected chi connectivity index (χ4v) is 2.00. The summed E-state index contributed by atoms with van der Waals surface area (Å²) in [7, 11) is 0. The monoisotopic (exact) mass is 126 g/mol. The molecule has 1 fully saturated rings. The summed E-state index contributed by atoms with van der Waals surface area (Å²) in [4.78, 5) is 0. The van der Waals surface area contributed by atoms with Crippen LogP contribution in [0.3, 0.4) is 0 Å². The predicted molar refractivity (Wildman–Crippen MR) is 38.9 cm³/mol. The van der Waals surface area contributed by atoms with Crippen LogP contribution in [0.25, 0.3) is 0 Å². The highest BCUT2D eigenvalue weighted by molar-refractivity contribution is 8.01. The van der Waals surface area contributed by atoms with Crippen molar-refractivity contribution in [2.24, 2.45) is 0 Å². The number of rotatable bonds is 0. The van der Waals surface area contributed by atoms with Gasteiger partial charge in [-0.1, -0.05) is 5.92 Å². The summed E-state index contributed by atoms with van der Waals surface area (Å²) in [6, 6.07) is 0. The van der Waals surface area contributed by atoms with Gasteiger partial charge < -0.3 is 0 Å². The Bertz CT molecular complexity index is 115. The van der Waals surface area contributed by atoms with Crippen molar-refractivity contribution in [3.8, 4) is 12.3 Å². The van der Waals surface area contributed by atoms with Gasteiger partial charge in [-0.25, -0.2) is 0 Å². The van der Waals surface area contributed by atoms with E-state index < -0.39 is 0 Å². The number of hydrogen-bond acceptors (Lipinski definition) is 1. The van der Waals surface area contributed by atoms with Gasteiger partial charge in [-0.15, -0.1) is 18.2 Å². The maximum absolute atomic E-state index is 5.30. The second-order valence-electron chi connectivity index (χ2n) is 2.33. The van der Waals surface area contributed by atoms with E-state index in [0.717, 1.165) is 0 Å². The summed E-state index contributed by atoms with van der Waals surface area (Å²) in [6.45, 7) is 2.14. The summed E-state index contributed by atoms with van der Waals surface area (Å²) in [6.07, 6.45) is 7.80. The molecular formula is C7H10S. The Morgan fingerprint density at radius 3 is 2.75 bits per heavy atom. The maximum atomic E-state index is 5.30. The molecule has 1 aliphatic rings. The summed E-state index contributed by atoms with van der Waals surface area (Å²) in [5.74, 6) is 4.05. The number of terminal acetylenes is 1. The summed E-state index contributed by atoms with van der Waals surface area (Å²) in [5.41, 5.74) is 0. The van der Waals surface area contributed by atoms with Crippen molar-refractivity contribution in [1.29, 1.82) is 0 Å². The van der Waals surface area contributed by atoms with Crippen LogP contribution in [0.5, 0.6) is 0 Å². The average molecular weight is 126 g/mol. The highest BCUT2D eigenvalue weighted by Gasteiger charge is 2.26. The van der Waals surface area contributed by atoms with Gasteiger partial charge >= 0.3 is 0 Å². The van der Waals surface area contributed by atoms with Crippen LogP contribution >= 0.6 is 11.8 Å². The maximum Gasteiger partial charge on any atom is 0.0734 e. The van der Waals surface area contributed by atoms with Gasteiger partial charge in [-0.05, 0) is 25.5 Å². The van der Waals surface area contributed by atoms with Gasteiger partial charge in [0.05, 0.1) is 4.75 Å². The molecular weight excluding hydrogens is 116 g/mol. The second-order valence-corrected chi connectivity index (χ2v) is 3.93. The molecule has 0 spiro atoms. The van der Waals surface area contributed by atoms with Gasteiger partial charge in [-0.3, -0.25) is 0 Å². The van der Waals surface area contributed by atoms with Crippen molar-refractivity contribution >= 4 is 11.8 Å². The van der Waals surface area contributed by atoms with E-state index in [9.17, 15) is 0 Å². The van der Waals surface area contributed by atoms with E-state index >= 15 is 0 Å². The van der Waals surface area contributed by atoms with E-state index in [1.54, 1.807) is 0 Å². The highest BCUT2D eigenvalue weighted by atomic mass is 32.2. The van der Waals surface area contributed by atoms with Gasteiger partial charge in [0.25, 0.3) is 0 Å². The molecule has 1 atom stereocenters. The third-order valence-corrected chi connectivity index (χ3v) is 2.98. The minimum absolute atomic E-state index is 0.181. The lowest BCUT2D eigenvalue weighted by Crippen LogP contribution is -2.10. The second kappa shape index (κ2) is 2.03. The molecule has 1 saturated heterocycles. The van der Waals surface area contributed by atoms with Crippen LogP contribution in [-0.4, -0.2) is 10.5 Å². The van der Waals surface area contributed by atoms with Crippen molar-refractivity contribution in [2.75, 3.05) is 5.75 Å². The van der Waals surface area contributed by atoms with Crippen molar-refractivity contribution in [3.05, 3.63) is 0 Å². The Kier molecular flexibility index (Phi) is 1.53. The molecule has 0 aliphatic carbocycles. The minimum atomic E-state index is 0.181.